The number of piperidine rings is 2. The summed E-state index contributed by atoms with van der Waals surface area (Å²) >= 11 is 3.50. The number of alkyl halides is 2. The second-order valence-electron chi connectivity index (χ2n) is 8.84. The zero-order valence-corrected chi connectivity index (χ0v) is 20.0. The van der Waals surface area contributed by atoms with Crippen molar-refractivity contribution in [2.24, 2.45) is 5.41 Å². The molecule has 2 saturated heterocycles. The van der Waals surface area contributed by atoms with Gasteiger partial charge in [0.05, 0.1) is 11.3 Å². The summed E-state index contributed by atoms with van der Waals surface area (Å²) in [5.74, 6) is -2.82. The number of benzene rings is 1. The summed E-state index contributed by atoms with van der Waals surface area (Å²) in [4.78, 5) is 17.2. The Morgan fingerprint density at radius 1 is 1.00 bits per heavy atom. The number of halogens is 3. The molecule has 6 nitrogen and oxygen atoms in total. The predicted molar refractivity (Wildman–Crippen MR) is 127 cm³/mol. The van der Waals surface area contributed by atoms with Gasteiger partial charge < -0.3 is 9.80 Å². The molecule has 2 aromatic rings. The average Bonchev–Trinajstić information content (AvgIpc) is 3.33. The SMILES string of the molecule is O=C(Nc1nnc(N2CCC(F)(F)CC2)s1)c1ccc(I)cc1N1CCC2(CC1)CC2. The van der Waals surface area contributed by atoms with E-state index in [4.69, 9.17) is 0 Å². The molecule has 0 unspecified atom stereocenters. The summed E-state index contributed by atoms with van der Waals surface area (Å²) in [6, 6.07) is 5.87. The minimum atomic E-state index is -2.60. The van der Waals surface area contributed by atoms with Crippen molar-refractivity contribution in [3.8, 4) is 0 Å². The lowest BCUT2D eigenvalue weighted by Gasteiger charge is -2.35. The van der Waals surface area contributed by atoms with Gasteiger partial charge in [0.25, 0.3) is 11.8 Å². The van der Waals surface area contributed by atoms with E-state index in [0.717, 1.165) is 22.3 Å². The molecule has 1 aromatic heterocycles. The number of carbonyl (C=O) groups excluding carboxylic acids is 1. The summed E-state index contributed by atoms with van der Waals surface area (Å²) < 4.78 is 27.9. The van der Waals surface area contributed by atoms with Crippen LogP contribution < -0.4 is 15.1 Å². The number of hydrogen-bond donors (Lipinski definition) is 1. The molecule has 2 aliphatic heterocycles. The molecule has 1 aliphatic carbocycles. The van der Waals surface area contributed by atoms with Gasteiger partial charge in [0.2, 0.25) is 10.3 Å². The Hall–Kier alpha value is -1.56. The lowest BCUT2D eigenvalue weighted by atomic mass is 9.93. The van der Waals surface area contributed by atoms with Crippen LogP contribution in [0.3, 0.4) is 0 Å². The van der Waals surface area contributed by atoms with Crippen molar-refractivity contribution in [2.45, 2.75) is 44.4 Å². The number of hydrogen-bond acceptors (Lipinski definition) is 6. The van der Waals surface area contributed by atoms with Gasteiger partial charge in [0, 0.05) is 42.6 Å². The first-order valence-electron chi connectivity index (χ1n) is 10.6. The summed E-state index contributed by atoms with van der Waals surface area (Å²) in [6.45, 7) is 2.44. The van der Waals surface area contributed by atoms with Crippen molar-refractivity contribution in [1.29, 1.82) is 0 Å². The second-order valence-corrected chi connectivity index (χ2v) is 11.0. The minimum absolute atomic E-state index is 0.183. The zero-order chi connectivity index (χ0) is 21.6. The van der Waals surface area contributed by atoms with Crippen molar-refractivity contribution in [2.75, 3.05) is 41.3 Å². The Labute approximate surface area is 197 Å². The highest BCUT2D eigenvalue weighted by Crippen LogP contribution is 2.54. The van der Waals surface area contributed by atoms with Crippen molar-refractivity contribution >= 4 is 55.8 Å². The van der Waals surface area contributed by atoms with Crippen LogP contribution in [0.15, 0.2) is 18.2 Å². The Bertz CT molecular complexity index is 976. The maximum Gasteiger partial charge on any atom is 0.259 e. The van der Waals surface area contributed by atoms with Crippen molar-refractivity contribution in [1.82, 2.24) is 10.2 Å². The van der Waals surface area contributed by atoms with E-state index in [9.17, 15) is 13.6 Å². The summed E-state index contributed by atoms with van der Waals surface area (Å²) in [5.41, 5.74) is 2.16. The number of anilines is 3. The molecule has 3 heterocycles. The van der Waals surface area contributed by atoms with E-state index in [2.05, 4.69) is 49.1 Å². The number of amides is 1. The third-order valence-corrected chi connectivity index (χ3v) is 8.30. The topological polar surface area (TPSA) is 61.4 Å². The number of carbonyl (C=O) groups is 1. The molecule has 10 heteroatoms. The lowest BCUT2D eigenvalue weighted by molar-refractivity contribution is -0.0220. The molecule has 1 aromatic carbocycles. The fourth-order valence-corrected chi connectivity index (χ4v) is 5.71. The first-order valence-corrected chi connectivity index (χ1v) is 12.5. The number of aromatic nitrogens is 2. The molecule has 3 aliphatic rings. The summed E-state index contributed by atoms with van der Waals surface area (Å²) in [5, 5.41) is 12.0. The molecule has 166 valence electrons. The molecule has 0 bridgehead atoms. The number of nitrogens with zero attached hydrogens (tertiary/aromatic N) is 4. The first-order chi connectivity index (χ1) is 14.8. The van der Waals surface area contributed by atoms with E-state index in [0.29, 0.717) is 21.2 Å². The van der Waals surface area contributed by atoms with E-state index >= 15 is 0 Å². The lowest BCUT2D eigenvalue weighted by Crippen LogP contribution is -2.39. The Morgan fingerprint density at radius 2 is 1.68 bits per heavy atom. The van der Waals surface area contributed by atoms with Crippen molar-refractivity contribution < 1.29 is 13.6 Å². The molecular formula is C21H24F2IN5OS. The molecule has 31 heavy (non-hydrogen) atoms. The smallest absolute Gasteiger partial charge is 0.259 e. The molecule has 1 N–H and O–H groups in total. The van der Waals surface area contributed by atoms with Gasteiger partial charge in [-0.3, -0.25) is 10.1 Å². The fourth-order valence-electron chi connectivity index (χ4n) is 4.44. The van der Waals surface area contributed by atoms with E-state index in [1.54, 1.807) is 0 Å². The van der Waals surface area contributed by atoms with Crippen LogP contribution in [0, 0.1) is 8.99 Å². The third-order valence-electron chi connectivity index (χ3n) is 6.73. The van der Waals surface area contributed by atoms with Crippen molar-refractivity contribution in [3.05, 3.63) is 27.3 Å². The van der Waals surface area contributed by atoms with E-state index in [-0.39, 0.29) is 31.8 Å². The fraction of sp³-hybridized carbons (Fsp3) is 0.571. The number of nitrogens with one attached hydrogen (secondary N) is 1. The first kappa shape index (κ1) is 21.3. The molecule has 5 rings (SSSR count). The molecule has 1 saturated carbocycles. The van der Waals surface area contributed by atoms with Crippen LogP contribution in [-0.2, 0) is 0 Å². The van der Waals surface area contributed by atoms with Gasteiger partial charge in [-0.25, -0.2) is 8.78 Å². The normalized spacial score (nSPS) is 21.9. The van der Waals surface area contributed by atoms with E-state index in [1.165, 1.54) is 37.0 Å². The van der Waals surface area contributed by atoms with Gasteiger partial charge in [0.1, 0.15) is 0 Å². The summed E-state index contributed by atoms with van der Waals surface area (Å²) in [7, 11) is 0. The molecule has 0 atom stereocenters. The minimum Gasteiger partial charge on any atom is -0.371 e. The van der Waals surface area contributed by atoms with Crippen LogP contribution in [0.2, 0.25) is 0 Å². The largest absolute Gasteiger partial charge is 0.371 e. The van der Waals surface area contributed by atoms with Crippen LogP contribution in [-0.4, -0.2) is 48.2 Å². The summed E-state index contributed by atoms with van der Waals surface area (Å²) in [6.07, 6.45) is 4.69. The highest BCUT2D eigenvalue weighted by atomic mass is 127. The van der Waals surface area contributed by atoms with Crippen LogP contribution in [0.4, 0.5) is 24.7 Å². The molecule has 1 spiro atoms. The Morgan fingerprint density at radius 3 is 2.35 bits per heavy atom. The van der Waals surface area contributed by atoms with Gasteiger partial charge in [-0.2, -0.15) is 0 Å². The second kappa shape index (κ2) is 8.09. The van der Waals surface area contributed by atoms with Crippen LogP contribution in [0.1, 0.15) is 48.9 Å². The van der Waals surface area contributed by atoms with Gasteiger partial charge >= 0.3 is 0 Å². The highest BCUT2D eigenvalue weighted by molar-refractivity contribution is 14.1. The standard InChI is InChI=1S/C21H24F2IN5OS/c22-21(23)7-11-29(12-8-21)19-27-26-18(31-19)25-17(30)15-2-1-14(24)13-16(15)28-9-5-20(3-4-20)6-10-28/h1-2,13H,3-12H2,(H,25,26,30). The molecule has 3 fully saturated rings. The Balaban J connectivity index is 1.28. The average molecular weight is 559 g/mol. The van der Waals surface area contributed by atoms with Gasteiger partial charge in [-0.15, -0.1) is 10.2 Å². The van der Waals surface area contributed by atoms with Gasteiger partial charge in [-0.05, 0) is 71.9 Å². The molecular weight excluding hydrogens is 535 g/mol. The van der Waals surface area contributed by atoms with E-state index in [1.807, 2.05) is 17.0 Å². The number of rotatable bonds is 4. The van der Waals surface area contributed by atoms with Crippen LogP contribution in [0.25, 0.3) is 0 Å². The third kappa shape index (κ3) is 4.64. The van der Waals surface area contributed by atoms with E-state index < -0.39 is 5.92 Å². The van der Waals surface area contributed by atoms with Crippen LogP contribution in [0.5, 0.6) is 0 Å². The maximum absolute atomic E-state index is 13.4. The molecule has 1 amide bonds. The zero-order valence-electron chi connectivity index (χ0n) is 17.0. The van der Waals surface area contributed by atoms with Gasteiger partial charge in [-0.1, -0.05) is 11.3 Å². The quantitative estimate of drug-likeness (QED) is 0.534. The monoisotopic (exact) mass is 559 g/mol. The predicted octanol–water partition coefficient (Wildman–Crippen LogP) is 5.01. The van der Waals surface area contributed by atoms with Crippen molar-refractivity contribution in [3.63, 3.8) is 0 Å². The Kier molecular flexibility index (Phi) is 5.56. The van der Waals surface area contributed by atoms with Gasteiger partial charge in [0.15, 0.2) is 0 Å². The molecule has 0 radical (unpaired) electrons. The highest BCUT2D eigenvalue weighted by Gasteiger charge is 2.44. The maximum atomic E-state index is 13.4. The van der Waals surface area contributed by atoms with Crippen LogP contribution >= 0.6 is 33.9 Å².